The Labute approximate surface area is 189 Å². The first-order valence-electron chi connectivity index (χ1n) is 10.7. The molecule has 3 aromatic carbocycles. The maximum Gasteiger partial charge on any atom is 0.261 e. The Morgan fingerprint density at radius 3 is 2.31 bits per heavy atom. The van der Waals surface area contributed by atoms with Crippen LogP contribution in [0.2, 0.25) is 0 Å². The zero-order chi connectivity index (χ0) is 22.6. The minimum atomic E-state index is -3.72. The molecule has 0 unspecified atom stereocenters. The summed E-state index contributed by atoms with van der Waals surface area (Å²) in [5, 5.41) is 2.90. The largest absolute Gasteiger partial charge is 0.372 e. The van der Waals surface area contributed by atoms with Crippen LogP contribution in [0.3, 0.4) is 0 Å². The van der Waals surface area contributed by atoms with Crippen molar-refractivity contribution in [1.29, 1.82) is 0 Å². The molecule has 2 N–H and O–H groups in total. The number of carbonyl (C=O) groups is 1. The van der Waals surface area contributed by atoms with Crippen molar-refractivity contribution in [2.24, 2.45) is 0 Å². The maximum absolute atomic E-state index is 12.6. The molecule has 0 bridgehead atoms. The number of nitrogens with one attached hydrogen (secondary N) is 2. The van der Waals surface area contributed by atoms with Crippen LogP contribution in [0.4, 0.5) is 11.4 Å². The van der Waals surface area contributed by atoms with Gasteiger partial charge in [-0.2, -0.15) is 0 Å². The first kappa shape index (κ1) is 21.9. The van der Waals surface area contributed by atoms with Gasteiger partial charge in [-0.15, -0.1) is 0 Å². The van der Waals surface area contributed by atoms with Gasteiger partial charge in [-0.3, -0.25) is 9.52 Å². The molecule has 1 saturated heterocycles. The van der Waals surface area contributed by atoms with Crippen LogP contribution in [0.5, 0.6) is 0 Å². The summed E-state index contributed by atoms with van der Waals surface area (Å²) in [6.07, 6.45) is 2.47. The first-order chi connectivity index (χ1) is 15.4. The number of anilines is 2. The van der Waals surface area contributed by atoms with E-state index in [2.05, 4.69) is 27.1 Å². The number of hydrogen-bond donors (Lipinski definition) is 2. The normalized spacial score (nSPS) is 13.7. The Bertz CT molecular complexity index is 1180. The molecule has 32 heavy (non-hydrogen) atoms. The third-order valence-electron chi connectivity index (χ3n) is 5.57. The number of aryl methyl sites for hydroxylation is 1. The Hall–Kier alpha value is -3.32. The molecule has 0 atom stereocenters. The zero-order valence-electron chi connectivity index (χ0n) is 18.0. The SMILES string of the molecule is Cc1ccc(S(=O)(=O)Nc2cccc(C(=O)NCc3ccc(N4CCCC4)cc3)c2)cc1. The van der Waals surface area contributed by atoms with Crippen LogP contribution in [0.1, 0.15) is 34.3 Å². The van der Waals surface area contributed by atoms with Gasteiger partial charge in [0.25, 0.3) is 15.9 Å². The van der Waals surface area contributed by atoms with Crippen molar-refractivity contribution in [3.05, 3.63) is 89.5 Å². The van der Waals surface area contributed by atoms with Gasteiger partial charge in [0.05, 0.1) is 4.90 Å². The minimum Gasteiger partial charge on any atom is -0.372 e. The van der Waals surface area contributed by atoms with Crippen LogP contribution in [-0.2, 0) is 16.6 Å². The molecule has 0 spiro atoms. The van der Waals surface area contributed by atoms with Crippen molar-refractivity contribution in [3.8, 4) is 0 Å². The number of carbonyl (C=O) groups excluding carboxylic acids is 1. The highest BCUT2D eigenvalue weighted by Gasteiger charge is 2.15. The van der Waals surface area contributed by atoms with Gasteiger partial charge in [-0.25, -0.2) is 8.42 Å². The van der Waals surface area contributed by atoms with Crippen LogP contribution >= 0.6 is 0 Å². The van der Waals surface area contributed by atoms with Crippen LogP contribution in [0.15, 0.2) is 77.7 Å². The topological polar surface area (TPSA) is 78.5 Å². The van der Waals surface area contributed by atoms with Crippen LogP contribution in [0.25, 0.3) is 0 Å². The number of benzene rings is 3. The van der Waals surface area contributed by atoms with E-state index in [1.54, 1.807) is 42.5 Å². The van der Waals surface area contributed by atoms with E-state index in [9.17, 15) is 13.2 Å². The van der Waals surface area contributed by atoms with Gasteiger partial charge in [0.1, 0.15) is 0 Å². The molecule has 6 nitrogen and oxygen atoms in total. The van der Waals surface area contributed by atoms with Crippen molar-refractivity contribution in [3.63, 3.8) is 0 Å². The molecule has 0 saturated carbocycles. The standard InChI is InChI=1S/C25H27N3O3S/c1-19-7-13-24(14-8-19)32(30,31)27-22-6-4-5-21(17-22)25(29)26-18-20-9-11-23(12-10-20)28-15-2-3-16-28/h4-14,17,27H,2-3,15-16,18H2,1H3,(H,26,29). The molecule has 1 fully saturated rings. The quantitative estimate of drug-likeness (QED) is 0.563. The molecule has 3 aromatic rings. The summed E-state index contributed by atoms with van der Waals surface area (Å²) in [7, 11) is -3.72. The monoisotopic (exact) mass is 449 g/mol. The average Bonchev–Trinajstić information content (AvgIpc) is 3.33. The Morgan fingerprint density at radius 1 is 0.938 bits per heavy atom. The molecule has 4 rings (SSSR count). The van der Waals surface area contributed by atoms with E-state index < -0.39 is 10.0 Å². The van der Waals surface area contributed by atoms with E-state index >= 15 is 0 Å². The molecule has 1 heterocycles. The van der Waals surface area contributed by atoms with Gasteiger partial charge in [0.15, 0.2) is 0 Å². The zero-order valence-corrected chi connectivity index (χ0v) is 18.9. The van der Waals surface area contributed by atoms with E-state index in [0.29, 0.717) is 17.8 Å². The summed E-state index contributed by atoms with van der Waals surface area (Å²) in [5.74, 6) is -0.259. The van der Waals surface area contributed by atoms with Gasteiger partial charge in [-0.1, -0.05) is 35.9 Å². The van der Waals surface area contributed by atoms with Gasteiger partial charge in [0, 0.05) is 36.6 Å². The first-order valence-corrected chi connectivity index (χ1v) is 12.2. The Kier molecular flexibility index (Phi) is 6.46. The number of rotatable bonds is 7. The minimum absolute atomic E-state index is 0.176. The number of nitrogens with zero attached hydrogens (tertiary/aromatic N) is 1. The van der Waals surface area contributed by atoms with E-state index in [4.69, 9.17) is 0 Å². The Balaban J connectivity index is 1.38. The maximum atomic E-state index is 12.6. The second kappa shape index (κ2) is 9.44. The molecule has 166 valence electrons. The number of hydrogen-bond acceptors (Lipinski definition) is 4. The highest BCUT2D eigenvalue weighted by molar-refractivity contribution is 7.92. The second-order valence-electron chi connectivity index (χ2n) is 8.04. The van der Waals surface area contributed by atoms with Crippen LogP contribution in [-0.4, -0.2) is 27.4 Å². The molecule has 0 radical (unpaired) electrons. The predicted octanol–water partition coefficient (Wildman–Crippen LogP) is 4.33. The lowest BCUT2D eigenvalue weighted by molar-refractivity contribution is 0.0951. The highest BCUT2D eigenvalue weighted by atomic mass is 32.2. The van der Waals surface area contributed by atoms with E-state index in [-0.39, 0.29) is 10.8 Å². The van der Waals surface area contributed by atoms with Gasteiger partial charge >= 0.3 is 0 Å². The van der Waals surface area contributed by atoms with Crippen molar-refractivity contribution in [2.75, 3.05) is 22.7 Å². The smallest absolute Gasteiger partial charge is 0.261 e. The van der Waals surface area contributed by atoms with Crippen LogP contribution in [0, 0.1) is 6.92 Å². The van der Waals surface area contributed by atoms with Crippen LogP contribution < -0.4 is 14.9 Å². The summed E-state index contributed by atoms with van der Waals surface area (Å²) in [6.45, 7) is 4.49. The van der Waals surface area contributed by atoms with E-state index in [0.717, 1.165) is 24.2 Å². The Morgan fingerprint density at radius 2 is 1.62 bits per heavy atom. The fraction of sp³-hybridized carbons (Fsp3) is 0.240. The molecule has 1 aliphatic rings. The lowest BCUT2D eigenvalue weighted by Gasteiger charge is -2.17. The molecule has 1 aliphatic heterocycles. The summed E-state index contributed by atoms with van der Waals surface area (Å²) in [6, 6.07) is 21.3. The van der Waals surface area contributed by atoms with Gasteiger partial charge in [-0.05, 0) is 67.8 Å². The summed E-state index contributed by atoms with van der Waals surface area (Å²) in [4.78, 5) is 15.2. The lowest BCUT2D eigenvalue weighted by Crippen LogP contribution is -2.23. The fourth-order valence-electron chi connectivity index (χ4n) is 3.74. The molecule has 7 heteroatoms. The lowest BCUT2D eigenvalue weighted by atomic mass is 10.1. The third-order valence-corrected chi connectivity index (χ3v) is 6.97. The van der Waals surface area contributed by atoms with Gasteiger partial charge < -0.3 is 10.2 Å². The van der Waals surface area contributed by atoms with E-state index in [1.165, 1.54) is 24.6 Å². The molecule has 0 aliphatic carbocycles. The fourth-order valence-corrected chi connectivity index (χ4v) is 4.79. The second-order valence-corrected chi connectivity index (χ2v) is 9.73. The van der Waals surface area contributed by atoms with Crippen molar-refractivity contribution >= 4 is 27.3 Å². The molecule has 1 amide bonds. The highest BCUT2D eigenvalue weighted by Crippen LogP contribution is 2.21. The predicted molar refractivity (Wildman–Crippen MR) is 127 cm³/mol. The van der Waals surface area contributed by atoms with Crippen molar-refractivity contribution in [2.45, 2.75) is 31.2 Å². The molecular formula is C25H27N3O3S. The van der Waals surface area contributed by atoms with Crippen molar-refractivity contribution < 1.29 is 13.2 Å². The average molecular weight is 450 g/mol. The van der Waals surface area contributed by atoms with E-state index in [1.807, 2.05) is 19.1 Å². The summed E-state index contributed by atoms with van der Waals surface area (Å²) >= 11 is 0. The van der Waals surface area contributed by atoms with Gasteiger partial charge in [0.2, 0.25) is 0 Å². The number of amides is 1. The summed E-state index contributed by atoms with van der Waals surface area (Å²) < 4.78 is 27.8. The summed E-state index contributed by atoms with van der Waals surface area (Å²) in [5.41, 5.74) is 3.94. The third kappa shape index (κ3) is 5.29. The molecular weight excluding hydrogens is 422 g/mol. The van der Waals surface area contributed by atoms with Crippen molar-refractivity contribution in [1.82, 2.24) is 5.32 Å². The number of sulfonamides is 1. The molecule has 0 aromatic heterocycles.